The number of benzene rings is 1. The third-order valence-corrected chi connectivity index (χ3v) is 5.82. The molecule has 3 rings (SSSR count). The average molecular weight is 553 g/mol. The van der Waals surface area contributed by atoms with E-state index in [1.54, 1.807) is 25.3 Å². The number of carbonyl (C=O) groups is 1. The number of nitrogens with one attached hydrogen (secondary N) is 2. The number of likely N-dealkylation sites (N-methyl/N-ethyl adjacent to an activating group) is 1. The molecule has 2 heterocycles. The van der Waals surface area contributed by atoms with Gasteiger partial charge in [-0.2, -0.15) is 0 Å². The largest absolute Gasteiger partial charge is 0.469 e. The average Bonchev–Trinajstić information content (AvgIpc) is 3.31. The van der Waals surface area contributed by atoms with E-state index in [1.165, 1.54) is 5.56 Å². The van der Waals surface area contributed by atoms with Crippen LogP contribution in [0, 0.1) is 0 Å². The van der Waals surface area contributed by atoms with Crippen LogP contribution in [0.2, 0.25) is 0 Å². The monoisotopic (exact) mass is 553 g/mol. The normalized spacial score (nSPS) is 16.2. The highest BCUT2D eigenvalue weighted by Gasteiger charge is 2.24. The van der Waals surface area contributed by atoms with Crippen LogP contribution in [0.1, 0.15) is 37.1 Å². The zero-order valence-electron chi connectivity index (χ0n) is 19.3. The Kier molecular flexibility index (Phi) is 11.0. The van der Waals surface area contributed by atoms with Crippen molar-refractivity contribution in [3.63, 3.8) is 0 Å². The molecule has 32 heavy (non-hydrogen) atoms. The van der Waals surface area contributed by atoms with Crippen molar-refractivity contribution >= 4 is 35.8 Å². The lowest BCUT2D eigenvalue weighted by Gasteiger charge is -2.37. The van der Waals surface area contributed by atoms with Gasteiger partial charge < -0.3 is 20.0 Å². The van der Waals surface area contributed by atoms with Crippen molar-refractivity contribution in [1.29, 1.82) is 0 Å². The van der Waals surface area contributed by atoms with E-state index >= 15 is 0 Å². The minimum Gasteiger partial charge on any atom is -0.469 e. The van der Waals surface area contributed by atoms with Gasteiger partial charge in [-0.1, -0.05) is 30.3 Å². The highest BCUT2D eigenvalue weighted by atomic mass is 127. The molecule has 7 nitrogen and oxygen atoms in total. The van der Waals surface area contributed by atoms with Gasteiger partial charge in [0.05, 0.1) is 6.26 Å². The van der Waals surface area contributed by atoms with E-state index in [9.17, 15) is 4.79 Å². The molecule has 2 aromatic rings. The fourth-order valence-corrected chi connectivity index (χ4v) is 3.77. The highest BCUT2D eigenvalue weighted by molar-refractivity contribution is 14.0. The van der Waals surface area contributed by atoms with Crippen LogP contribution in [-0.2, 0) is 11.2 Å². The second kappa shape index (κ2) is 13.5. The number of aliphatic imine (C=N–C) groups is 1. The summed E-state index contributed by atoms with van der Waals surface area (Å²) in [5.74, 6) is 1.61. The number of hydrogen-bond donors (Lipinski definition) is 2. The van der Waals surface area contributed by atoms with Gasteiger partial charge in [0.1, 0.15) is 12.3 Å². The minimum atomic E-state index is -0.0151. The minimum absolute atomic E-state index is 0. The Morgan fingerprint density at radius 3 is 2.53 bits per heavy atom. The number of rotatable bonds is 8. The summed E-state index contributed by atoms with van der Waals surface area (Å²) >= 11 is 0. The van der Waals surface area contributed by atoms with E-state index in [1.807, 2.05) is 12.1 Å². The summed E-state index contributed by atoms with van der Waals surface area (Å²) in [7, 11) is 3.50. The standard InChI is InChI=1S/C24H35N5O2.HI/c1-19(20-8-5-4-6-9-20)29-15-12-21(13-16-29)27-24(26-18-23(30)28(2)3)25-14-11-22-10-7-17-31-22;/h4-10,17,19,21H,11-16,18H2,1-3H3,(H2,25,26,27);1H. The van der Waals surface area contributed by atoms with Crippen molar-refractivity contribution in [3.8, 4) is 0 Å². The Morgan fingerprint density at radius 1 is 1.19 bits per heavy atom. The van der Waals surface area contributed by atoms with Crippen LogP contribution in [-0.4, -0.2) is 68.0 Å². The van der Waals surface area contributed by atoms with Crippen LogP contribution in [0.15, 0.2) is 58.1 Å². The van der Waals surface area contributed by atoms with E-state index < -0.39 is 0 Å². The summed E-state index contributed by atoms with van der Waals surface area (Å²) in [6.07, 6.45) is 4.53. The second-order valence-corrected chi connectivity index (χ2v) is 8.25. The molecule has 1 aromatic carbocycles. The van der Waals surface area contributed by atoms with Gasteiger partial charge in [0.15, 0.2) is 5.96 Å². The second-order valence-electron chi connectivity index (χ2n) is 8.25. The summed E-state index contributed by atoms with van der Waals surface area (Å²) in [5, 5.41) is 6.89. The number of hydrogen-bond acceptors (Lipinski definition) is 4. The molecule has 0 bridgehead atoms. The van der Waals surface area contributed by atoms with Gasteiger partial charge in [-0.05, 0) is 37.5 Å². The molecule has 1 atom stereocenters. The number of likely N-dealkylation sites (tertiary alicyclic amines) is 1. The molecule has 8 heteroatoms. The van der Waals surface area contributed by atoms with E-state index in [0.717, 1.165) is 38.1 Å². The third-order valence-electron chi connectivity index (χ3n) is 5.82. The Balaban J connectivity index is 0.00000363. The number of amides is 1. The molecule has 0 aliphatic carbocycles. The molecule has 0 radical (unpaired) electrons. The van der Waals surface area contributed by atoms with Crippen molar-refractivity contribution < 1.29 is 9.21 Å². The lowest BCUT2D eigenvalue weighted by Crippen LogP contribution is -2.49. The van der Waals surface area contributed by atoms with Crippen LogP contribution < -0.4 is 10.6 Å². The summed E-state index contributed by atoms with van der Waals surface area (Å²) in [6, 6.07) is 15.3. The number of furan rings is 1. The topological polar surface area (TPSA) is 73.1 Å². The van der Waals surface area contributed by atoms with Gasteiger partial charge >= 0.3 is 0 Å². The predicted molar refractivity (Wildman–Crippen MR) is 139 cm³/mol. The van der Waals surface area contributed by atoms with Crippen molar-refractivity contribution in [3.05, 3.63) is 60.1 Å². The fourth-order valence-electron chi connectivity index (χ4n) is 3.77. The van der Waals surface area contributed by atoms with E-state index in [2.05, 4.69) is 57.8 Å². The molecule has 1 aliphatic heterocycles. The summed E-state index contributed by atoms with van der Waals surface area (Å²) in [4.78, 5) is 20.6. The zero-order chi connectivity index (χ0) is 22.1. The zero-order valence-corrected chi connectivity index (χ0v) is 21.6. The number of piperidine rings is 1. The van der Waals surface area contributed by atoms with E-state index in [-0.39, 0.29) is 36.4 Å². The molecule has 1 aliphatic rings. The van der Waals surface area contributed by atoms with Crippen molar-refractivity contribution in [2.45, 2.75) is 38.3 Å². The van der Waals surface area contributed by atoms with Crippen LogP contribution in [0.5, 0.6) is 0 Å². The number of guanidine groups is 1. The van der Waals surface area contributed by atoms with Crippen molar-refractivity contribution in [1.82, 2.24) is 20.4 Å². The van der Waals surface area contributed by atoms with Gasteiger partial charge in [0, 0.05) is 52.2 Å². The summed E-state index contributed by atoms with van der Waals surface area (Å²) < 4.78 is 5.40. The fraction of sp³-hybridized carbons (Fsp3) is 0.500. The Labute approximate surface area is 208 Å². The molecule has 1 fully saturated rings. The third kappa shape index (κ3) is 8.12. The molecule has 176 valence electrons. The first-order chi connectivity index (χ1) is 15.0. The lowest BCUT2D eigenvalue weighted by molar-refractivity contribution is -0.127. The van der Waals surface area contributed by atoms with E-state index in [0.29, 0.717) is 24.6 Å². The molecule has 1 saturated heterocycles. The molecule has 1 amide bonds. The molecular weight excluding hydrogens is 517 g/mol. The van der Waals surface area contributed by atoms with Crippen LogP contribution in [0.4, 0.5) is 0 Å². The summed E-state index contributed by atoms with van der Waals surface area (Å²) in [6.45, 7) is 5.17. The lowest BCUT2D eigenvalue weighted by atomic mass is 10.0. The van der Waals surface area contributed by atoms with Crippen molar-refractivity contribution in [2.24, 2.45) is 4.99 Å². The van der Waals surface area contributed by atoms with Crippen LogP contribution >= 0.6 is 24.0 Å². The Hall–Kier alpha value is -2.07. The van der Waals surface area contributed by atoms with Crippen molar-refractivity contribution in [2.75, 3.05) is 40.3 Å². The summed E-state index contributed by atoms with van der Waals surface area (Å²) in [5.41, 5.74) is 1.36. The smallest absolute Gasteiger partial charge is 0.243 e. The maximum Gasteiger partial charge on any atom is 0.243 e. The van der Waals surface area contributed by atoms with E-state index in [4.69, 9.17) is 4.42 Å². The van der Waals surface area contributed by atoms with Gasteiger partial charge in [-0.3, -0.25) is 9.69 Å². The molecule has 1 aromatic heterocycles. The highest BCUT2D eigenvalue weighted by Crippen LogP contribution is 2.23. The quantitative estimate of drug-likeness (QED) is 0.298. The van der Waals surface area contributed by atoms with Gasteiger partial charge in [0.25, 0.3) is 0 Å². The van der Waals surface area contributed by atoms with Crippen LogP contribution in [0.25, 0.3) is 0 Å². The first kappa shape index (κ1) is 26.2. The molecule has 2 N–H and O–H groups in total. The van der Waals surface area contributed by atoms with Crippen LogP contribution in [0.3, 0.4) is 0 Å². The SMILES string of the molecule is CC(c1ccccc1)N1CCC(NC(=NCC(=O)N(C)C)NCCc2ccco2)CC1.I. The molecular formula is C24H36IN5O2. The number of carbonyl (C=O) groups excluding carboxylic acids is 1. The van der Waals surface area contributed by atoms with Gasteiger partial charge in [0.2, 0.25) is 5.91 Å². The van der Waals surface area contributed by atoms with Gasteiger partial charge in [-0.15, -0.1) is 24.0 Å². The first-order valence-electron chi connectivity index (χ1n) is 11.1. The maximum atomic E-state index is 12.0. The predicted octanol–water partition coefficient (Wildman–Crippen LogP) is 3.29. The molecule has 1 unspecified atom stereocenters. The maximum absolute atomic E-state index is 12.0. The first-order valence-corrected chi connectivity index (χ1v) is 11.1. The number of halogens is 1. The molecule has 0 saturated carbocycles. The Bertz CT molecular complexity index is 818. The van der Waals surface area contributed by atoms with Gasteiger partial charge in [-0.25, -0.2) is 4.99 Å². The number of nitrogens with zero attached hydrogens (tertiary/aromatic N) is 3. The Morgan fingerprint density at radius 2 is 1.91 bits per heavy atom. The molecule has 0 spiro atoms.